The Bertz CT molecular complexity index is 192. The van der Waals surface area contributed by atoms with Crippen LogP contribution in [0.5, 0.6) is 0 Å². The summed E-state index contributed by atoms with van der Waals surface area (Å²) in [6.45, 7) is 8.54. The van der Waals surface area contributed by atoms with Crippen molar-refractivity contribution in [3.8, 4) is 0 Å². The summed E-state index contributed by atoms with van der Waals surface area (Å²) in [5, 5.41) is 0. The Kier molecular flexibility index (Phi) is 6.26. The Morgan fingerprint density at radius 1 is 1.36 bits per heavy atom. The summed E-state index contributed by atoms with van der Waals surface area (Å²) >= 11 is 0. The van der Waals surface area contributed by atoms with E-state index in [0.717, 1.165) is 12.8 Å². The van der Waals surface area contributed by atoms with Crippen LogP contribution in [-0.4, -0.2) is 12.6 Å². The van der Waals surface area contributed by atoms with Gasteiger partial charge >= 0.3 is 5.97 Å². The van der Waals surface area contributed by atoms with Crippen LogP contribution in [0.15, 0.2) is 12.2 Å². The molecule has 0 bridgehead atoms. The van der Waals surface area contributed by atoms with Crippen LogP contribution in [0.1, 0.15) is 47.0 Å². The fourth-order valence-corrected chi connectivity index (χ4v) is 1.21. The van der Waals surface area contributed by atoms with Gasteiger partial charge in [0.05, 0.1) is 13.0 Å². The maximum Gasteiger partial charge on any atom is 0.306 e. The minimum Gasteiger partial charge on any atom is -0.466 e. The Morgan fingerprint density at radius 2 is 2.00 bits per heavy atom. The maximum atomic E-state index is 11.2. The van der Waals surface area contributed by atoms with Gasteiger partial charge in [-0.05, 0) is 18.8 Å². The molecule has 0 aliphatic rings. The number of hydrogen-bond acceptors (Lipinski definition) is 2. The first-order valence-electron chi connectivity index (χ1n) is 5.35. The predicted octanol–water partition coefficient (Wildman–Crippen LogP) is 3.32. The topological polar surface area (TPSA) is 26.3 Å². The molecule has 0 aromatic heterocycles. The van der Waals surface area contributed by atoms with E-state index in [4.69, 9.17) is 4.74 Å². The molecule has 82 valence electrons. The van der Waals surface area contributed by atoms with Gasteiger partial charge in [-0.1, -0.05) is 39.3 Å². The molecule has 0 aromatic rings. The molecule has 0 radical (unpaired) electrons. The zero-order chi connectivity index (χ0) is 11.0. The van der Waals surface area contributed by atoms with Crippen LogP contribution in [-0.2, 0) is 9.53 Å². The van der Waals surface area contributed by atoms with Crippen molar-refractivity contribution in [1.29, 1.82) is 0 Å². The molecule has 0 rings (SSSR count). The number of carbonyl (C=O) groups is 1. The van der Waals surface area contributed by atoms with Crippen LogP contribution in [0.2, 0.25) is 0 Å². The van der Waals surface area contributed by atoms with Crippen molar-refractivity contribution in [3.05, 3.63) is 12.2 Å². The van der Waals surface area contributed by atoms with Crippen molar-refractivity contribution < 1.29 is 9.53 Å². The molecule has 0 unspecified atom stereocenters. The molecule has 0 spiro atoms. The highest BCUT2D eigenvalue weighted by Gasteiger charge is 2.19. The largest absolute Gasteiger partial charge is 0.466 e. The van der Waals surface area contributed by atoms with E-state index in [2.05, 4.69) is 32.9 Å². The maximum absolute atomic E-state index is 11.2. The number of unbranched alkanes of at least 4 members (excludes halogenated alkanes) is 1. The molecule has 0 fully saturated rings. The van der Waals surface area contributed by atoms with E-state index in [9.17, 15) is 4.79 Å². The molecule has 0 amide bonds. The molecule has 2 nitrogen and oxygen atoms in total. The van der Waals surface area contributed by atoms with Gasteiger partial charge in [0.15, 0.2) is 0 Å². The van der Waals surface area contributed by atoms with Crippen LogP contribution in [0.25, 0.3) is 0 Å². The predicted molar refractivity (Wildman–Crippen MR) is 59.1 cm³/mol. The number of ether oxygens (including phenoxy) is 1. The van der Waals surface area contributed by atoms with Gasteiger partial charge in [-0.3, -0.25) is 4.79 Å². The number of esters is 1. The van der Waals surface area contributed by atoms with E-state index in [-0.39, 0.29) is 11.4 Å². The Balaban J connectivity index is 3.99. The molecular weight excluding hydrogens is 176 g/mol. The second-order valence-corrected chi connectivity index (χ2v) is 4.16. The number of rotatable bonds is 6. The van der Waals surface area contributed by atoms with Crippen molar-refractivity contribution in [2.45, 2.75) is 47.0 Å². The summed E-state index contributed by atoms with van der Waals surface area (Å²) in [5.74, 6) is -0.112. The van der Waals surface area contributed by atoms with Crippen molar-refractivity contribution in [3.63, 3.8) is 0 Å². The molecule has 14 heavy (non-hydrogen) atoms. The quantitative estimate of drug-likeness (QED) is 0.483. The highest BCUT2D eigenvalue weighted by Crippen LogP contribution is 2.23. The lowest BCUT2D eigenvalue weighted by Crippen LogP contribution is -2.16. The third kappa shape index (κ3) is 6.70. The minimum absolute atomic E-state index is 0.0819. The van der Waals surface area contributed by atoms with Gasteiger partial charge in [0.25, 0.3) is 0 Å². The summed E-state index contributed by atoms with van der Waals surface area (Å²) in [6.07, 6.45) is 6.92. The zero-order valence-corrected chi connectivity index (χ0v) is 9.80. The monoisotopic (exact) mass is 198 g/mol. The second kappa shape index (κ2) is 6.63. The van der Waals surface area contributed by atoms with E-state index in [1.165, 1.54) is 0 Å². The van der Waals surface area contributed by atoms with E-state index in [0.29, 0.717) is 13.0 Å². The molecule has 0 saturated heterocycles. The van der Waals surface area contributed by atoms with E-state index < -0.39 is 0 Å². The smallest absolute Gasteiger partial charge is 0.306 e. The standard InChI is InChI=1S/C12H22O2/c1-5-7-8-9-12(3,4)10-11(13)14-6-2/h8-9H,5-7,10H2,1-4H3. The first-order valence-corrected chi connectivity index (χ1v) is 5.35. The van der Waals surface area contributed by atoms with Gasteiger partial charge in [0.2, 0.25) is 0 Å². The van der Waals surface area contributed by atoms with Crippen molar-refractivity contribution in [2.75, 3.05) is 6.61 Å². The van der Waals surface area contributed by atoms with E-state index in [1.54, 1.807) is 0 Å². The summed E-state index contributed by atoms with van der Waals surface area (Å²) in [6, 6.07) is 0. The van der Waals surface area contributed by atoms with Gasteiger partial charge in [0.1, 0.15) is 0 Å². The van der Waals surface area contributed by atoms with Gasteiger partial charge in [-0.25, -0.2) is 0 Å². The number of carbonyl (C=O) groups excluding carboxylic acids is 1. The number of allylic oxidation sites excluding steroid dienone is 2. The molecule has 0 aromatic carbocycles. The highest BCUT2D eigenvalue weighted by molar-refractivity contribution is 5.70. The second-order valence-electron chi connectivity index (χ2n) is 4.16. The van der Waals surface area contributed by atoms with Crippen LogP contribution in [0, 0.1) is 5.41 Å². The summed E-state index contributed by atoms with van der Waals surface area (Å²) in [4.78, 5) is 11.2. The normalized spacial score (nSPS) is 12.0. The van der Waals surface area contributed by atoms with E-state index >= 15 is 0 Å². The molecule has 0 saturated carbocycles. The molecular formula is C12H22O2. The first kappa shape index (κ1) is 13.2. The van der Waals surface area contributed by atoms with Crippen LogP contribution in [0.4, 0.5) is 0 Å². The molecule has 0 N–H and O–H groups in total. The van der Waals surface area contributed by atoms with Crippen molar-refractivity contribution in [2.24, 2.45) is 5.41 Å². The Morgan fingerprint density at radius 3 is 2.50 bits per heavy atom. The average Bonchev–Trinajstić information content (AvgIpc) is 2.03. The minimum atomic E-state index is -0.112. The van der Waals surface area contributed by atoms with Crippen LogP contribution in [0.3, 0.4) is 0 Å². The molecule has 2 heteroatoms. The fourth-order valence-electron chi connectivity index (χ4n) is 1.21. The van der Waals surface area contributed by atoms with Crippen LogP contribution < -0.4 is 0 Å². The highest BCUT2D eigenvalue weighted by atomic mass is 16.5. The average molecular weight is 198 g/mol. The summed E-state index contributed by atoms with van der Waals surface area (Å²) in [7, 11) is 0. The molecule has 0 aliphatic carbocycles. The van der Waals surface area contributed by atoms with Gasteiger partial charge < -0.3 is 4.74 Å². The van der Waals surface area contributed by atoms with Crippen LogP contribution >= 0.6 is 0 Å². The third-order valence-corrected chi connectivity index (χ3v) is 1.93. The molecule has 0 heterocycles. The lowest BCUT2D eigenvalue weighted by Gasteiger charge is -2.18. The lowest BCUT2D eigenvalue weighted by atomic mass is 9.88. The van der Waals surface area contributed by atoms with E-state index in [1.807, 2.05) is 6.92 Å². The Hall–Kier alpha value is -0.790. The summed E-state index contributed by atoms with van der Waals surface area (Å²) in [5.41, 5.74) is -0.0819. The first-order chi connectivity index (χ1) is 6.52. The third-order valence-electron chi connectivity index (χ3n) is 1.93. The zero-order valence-electron chi connectivity index (χ0n) is 9.80. The van der Waals surface area contributed by atoms with Gasteiger partial charge in [-0.15, -0.1) is 0 Å². The Labute approximate surface area is 87.3 Å². The molecule has 0 atom stereocenters. The van der Waals surface area contributed by atoms with Crippen molar-refractivity contribution in [1.82, 2.24) is 0 Å². The lowest BCUT2D eigenvalue weighted by molar-refractivity contribution is -0.144. The molecule has 0 aliphatic heterocycles. The number of hydrogen-bond donors (Lipinski definition) is 0. The van der Waals surface area contributed by atoms with Gasteiger partial charge in [0, 0.05) is 0 Å². The SMILES string of the molecule is CCCC=CC(C)(C)CC(=O)OCC. The van der Waals surface area contributed by atoms with Crippen molar-refractivity contribution >= 4 is 5.97 Å². The fraction of sp³-hybridized carbons (Fsp3) is 0.750. The van der Waals surface area contributed by atoms with Gasteiger partial charge in [-0.2, -0.15) is 0 Å². The summed E-state index contributed by atoms with van der Waals surface area (Å²) < 4.78 is 4.91.